The van der Waals surface area contributed by atoms with Gasteiger partial charge in [-0.2, -0.15) is 5.10 Å². The van der Waals surface area contributed by atoms with Gasteiger partial charge in [0, 0.05) is 55.5 Å². The Kier molecular flexibility index (Phi) is 7.78. The molecule has 0 aliphatic heterocycles. The third-order valence-corrected chi connectivity index (χ3v) is 5.88. The lowest BCUT2D eigenvalue weighted by Crippen LogP contribution is -2.29. The summed E-state index contributed by atoms with van der Waals surface area (Å²) in [6.45, 7) is 1.91. The number of carbonyl (C=O) groups excluding carboxylic acids is 1. The lowest BCUT2D eigenvalue weighted by molar-refractivity contribution is 0.0943. The number of amides is 1. The van der Waals surface area contributed by atoms with Gasteiger partial charge in [0.15, 0.2) is 11.6 Å². The molecular weight excluding hydrogens is 473 g/mol. The average Bonchev–Trinajstić information content (AvgIpc) is 3.31. The molecule has 37 heavy (non-hydrogen) atoms. The number of aryl methyl sites for hydroxylation is 1. The third-order valence-electron chi connectivity index (χ3n) is 5.88. The topological polar surface area (TPSA) is 119 Å². The van der Waals surface area contributed by atoms with Crippen molar-refractivity contribution >= 4 is 28.3 Å². The van der Waals surface area contributed by atoms with Crippen LogP contribution in [0.15, 0.2) is 66.0 Å². The number of anilines is 1. The van der Waals surface area contributed by atoms with Gasteiger partial charge in [-0.05, 0) is 48.2 Å². The molecule has 2 aromatic heterocycles. The molecule has 0 radical (unpaired) electrons. The van der Waals surface area contributed by atoms with Crippen molar-refractivity contribution in [1.29, 1.82) is 0 Å². The fourth-order valence-corrected chi connectivity index (χ4v) is 4.03. The number of nitrogens with one attached hydrogen (secondary N) is 2. The molecule has 0 saturated carbocycles. The Morgan fingerprint density at radius 2 is 1.97 bits per heavy atom. The molecule has 2 atom stereocenters. The van der Waals surface area contributed by atoms with Crippen LogP contribution < -0.4 is 21.1 Å². The molecule has 0 fully saturated rings. The van der Waals surface area contributed by atoms with Gasteiger partial charge in [0.2, 0.25) is 0 Å². The normalized spacial score (nSPS) is 13.3. The number of hydrogen-bond donors (Lipinski definition) is 3. The Morgan fingerprint density at radius 1 is 1.16 bits per heavy atom. The number of nitrogens with zero attached hydrogens (tertiary/aromatic N) is 4. The largest absolute Gasteiger partial charge is 0.494 e. The van der Waals surface area contributed by atoms with E-state index in [-0.39, 0.29) is 17.7 Å². The summed E-state index contributed by atoms with van der Waals surface area (Å²) in [6.07, 6.45) is 5.75. The maximum Gasteiger partial charge on any atom is 0.252 e. The molecule has 2 unspecified atom stereocenters. The minimum atomic E-state index is -0.617. The number of aromatic nitrogens is 3. The van der Waals surface area contributed by atoms with Gasteiger partial charge in [0.25, 0.3) is 5.91 Å². The highest BCUT2D eigenvalue weighted by atomic mass is 19.1. The van der Waals surface area contributed by atoms with E-state index in [1.54, 1.807) is 55.6 Å². The number of aliphatic imine (C=N–C) groups is 1. The molecule has 0 aliphatic rings. The van der Waals surface area contributed by atoms with Crippen LogP contribution in [0.1, 0.15) is 40.9 Å². The Labute approximate surface area is 214 Å². The summed E-state index contributed by atoms with van der Waals surface area (Å²) >= 11 is 0. The minimum absolute atomic E-state index is 0.0473. The van der Waals surface area contributed by atoms with Gasteiger partial charge in [0.1, 0.15) is 11.7 Å². The molecule has 0 bridgehead atoms. The van der Waals surface area contributed by atoms with Crippen molar-refractivity contribution in [2.24, 2.45) is 17.8 Å². The van der Waals surface area contributed by atoms with Crippen molar-refractivity contribution in [2.75, 3.05) is 19.5 Å². The van der Waals surface area contributed by atoms with Gasteiger partial charge in [-0.1, -0.05) is 12.1 Å². The van der Waals surface area contributed by atoms with Gasteiger partial charge in [-0.25, -0.2) is 9.37 Å². The van der Waals surface area contributed by atoms with Crippen molar-refractivity contribution in [2.45, 2.75) is 25.4 Å². The van der Waals surface area contributed by atoms with E-state index in [9.17, 15) is 9.18 Å². The number of halogens is 1. The van der Waals surface area contributed by atoms with Crippen LogP contribution in [0, 0.1) is 5.82 Å². The van der Waals surface area contributed by atoms with Crippen molar-refractivity contribution in [3.63, 3.8) is 0 Å². The molecule has 2 heterocycles. The Morgan fingerprint density at radius 3 is 2.62 bits per heavy atom. The number of hydrogen-bond acceptors (Lipinski definition) is 6. The van der Waals surface area contributed by atoms with Crippen LogP contribution in [0.25, 0.3) is 10.8 Å². The summed E-state index contributed by atoms with van der Waals surface area (Å²) in [7, 11) is 4.88. The third kappa shape index (κ3) is 6.10. The average molecular weight is 504 g/mol. The first-order valence-corrected chi connectivity index (χ1v) is 11.8. The number of pyridine rings is 1. The summed E-state index contributed by atoms with van der Waals surface area (Å²) in [5.41, 5.74) is 7.63. The maximum atomic E-state index is 14.5. The number of benzene rings is 2. The van der Waals surface area contributed by atoms with Gasteiger partial charge >= 0.3 is 0 Å². The monoisotopic (exact) mass is 503 g/mol. The number of ether oxygens (including phenoxy) is 1. The van der Waals surface area contributed by atoms with Crippen LogP contribution in [0.5, 0.6) is 5.75 Å². The lowest BCUT2D eigenvalue weighted by Gasteiger charge is -2.19. The second-order valence-electron chi connectivity index (χ2n) is 8.86. The molecule has 0 spiro atoms. The van der Waals surface area contributed by atoms with Gasteiger partial charge in [-0.15, -0.1) is 0 Å². The zero-order valence-corrected chi connectivity index (χ0v) is 21.2. The molecule has 0 saturated heterocycles. The van der Waals surface area contributed by atoms with Gasteiger partial charge < -0.3 is 21.1 Å². The fourth-order valence-electron chi connectivity index (χ4n) is 4.03. The van der Waals surface area contributed by atoms with Crippen LogP contribution in [0.4, 0.5) is 10.2 Å². The summed E-state index contributed by atoms with van der Waals surface area (Å²) in [5.74, 6) is 0.631. The van der Waals surface area contributed by atoms with Crippen LogP contribution in [0.3, 0.4) is 0 Å². The van der Waals surface area contributed by atoms with Gasteiger partial charge in [0.05, 0.1) is 19.3 Å². The molecular formula is C27H30FN7O2. The Bertz CT molecular complexity index is 1450. The zero-order chi connectivity index (χ0) is 26.5. The standard InChI is InChI=1S/C27H30FN7O2/c1-16(29)9-24(30-2)33-25-12-20-10-18(5-6-19(20)13-31-25)27(36)34-26(21-14-32-35(3)15-21)17-7-8-23(37-4)22(28)11-17/h5-8,10-16,26H,9,29H2,1-4H3,(H,34,36)(H,30,31,33). The molecule has 2 aromatic carbocycles. The number of fused-ring (bicyclic) bond motifs is 1. The van der Waals surface area contributed by atoms with Crippen LogP contribution in [0.2, 0.25) is 0 Å². The number of methoxy groups -OCH3 is 1. The van der Waals surface area contributed by atoms with Crippen molar-refractivity contribution < 1.29 is 13.9 Å². The van der Waals surface area contributed by atoms with E-state index in [0.717, 1.165) is 22.2 Å². The van der Waals surface area contributed by atoms with Crippen molar-refractivity contribution in [1.82, 2.24) is 20.1 Å². The number of amidine groups is 1. The minimum Gasteiger partial charge on any atom is -0.494 e. The lowest BCUT2D eigenvalue weighted by atomic mass is 10.00. The molecule has 192 valence electrons. The summed E-state index contributed by atoms with van der Waals surface area (Å²) in [6, 6.07) is 11.2. The molecule has 10 heteroatoms. The smallest absolute Gasteiger partial charge is 0.252 e. The van der Waals surface area contributed by atoms with E-state index < -0.39 is 11.9 Å². The second-order valence-corrected chi connectivity index (χ2v) is 8.86. The van der Waals surface area contributed by atoms with Crippen LogP contribution in [-0.4, -0.2) is 46.7 Å². The first kappa shape index (κ1) is 25.8. The molecule has 4 N–H and O–H groups in total. The molecule has 0 aliphatic carbocycles. The molecule has 1 amide bonds. The van der Waals surface area contributed by atoms with E-state index in [4.69, 9.17) is 10.5 Å². The molecule has 9 nitrogen and oxygen atoms in total. The zero-order valence-electron chi connectivity index (χ0n) is 21.2. The summed E-state index contributed by atoms with van der Waals surface area (Å²) in [5, 5.41) is 12.1. The predicted molar refractivity (Wildman–Crippen MR) is 142 cm³/mol. The maximum absolute atomic E-state index is 14.5. The fraction of sp³-hybridized carbons (Fsp3) is 0.259. The van der Waals surface area contributed by atoms with Crippen LogP contribution in [-0.2, 0) is 7.05 Å². The van der Waals surface area contributed by atoms with E-state index >= 15 is 0 Å². The molecule has 4 rings (SSSR count). The highest BCUT2D eigenvalue weighted by molar-refractivity contribution is 6.00. The quantitative estimate of drug-likeness (QED) is 0.248. The van der Waals surface area contributed by atoms with Crippen molar-refractivity contribution in [3.05, 3.63) is 83.6 Å². The first-order valence-electron chi connectivity index (χ1n) is 11.8. The van der Waals surface area contributed by atoms with E-state index in [2.05, 4.69) is 25.7 Å². The van der Waals surface area contributed by atoms with Crippen LogP contribution >= 0.6 is 0 Å². The van der Waals surface area contributed by atoms with E-state index in [0.29, 0.717) is 23.4 Å². The summed E-state index contributed by atoms with van der Waals surface area (Å²) < 4.78 is 21.2. The van der Waals surface area contributed by atoms with Gasteiger partial charge in [-0.3, -0.25) is 14.5 Å². The second kappa shape index (κ2) is 11.2. The van der Waals surface area contributed by atoms with E-state index in [1.807, 2.05) is 19.1 Å². The van der Waals surface area contributed by atoms with Crippen molar-refractivity contribution in [3.8, 4) is 5.75 Å². The number of nitrogens with two attached hydrogens (primary N) is 1. The Hall–Kier alpha value is -4.31. The molecule has 4 aromatic rings. The predicted octanol–water partition coefficient (Wildman–Crippen LogP) is 3.81. The first-order chi connectivity index (χ1) is 17.8. The highest BCUT2D eigenvalue weighted by Gasteiger charge is 2.21. The summed E-state index contributed by atoms with van der Waals surface area (Å²) in [4.78, 5) is 22.0. The SMILES string of the molecule is CN=C(CC(C)N)Nc1cc2cc(C(=O)NC(c3ccc(OC)c(F)c3)c3cnn(C)c3)ccc2cn1. The Balaban J connectivity index is 1.62. The number of rotatable bonds is 8. The number of carbonyl (C=O) groups is 1. The highest BCUT2D eigenvalue weighted by Crippen LogP contribution is 2.27. The van der Waals surface area contributed by atoms with E-state index in [1.165, 1.54) is 19.2 Å².